The fraction of sp³-hybridized carbons (Fsp3) is 0.182. The highest BCUT2D eigenvalue weighted by Crippen LogP contribution is 2.26. The Balaban J connectivity index is 1.52. The van der Waals surface area contributed by atoms with E-state index >= 15 is 0 Å². The third-order valence-electron chi connectivity index (χ3n) is 4.85. The average Bonchev–Trinajstić information content (AvgIpc) is 3.27. The van der Waals surface area contributed by atoms with E-state index in [1.54, 1.807) is 11.8 Å². The molecule has 1 aromatic heterocycles. The Morgan fingerprint density at radius 1 is 1.07 bits per heavy atom. The van der Waals surface area contributed by atoms with Gasteiger partial charge in [0.2, 0.25) is 0 Å². The maximum atomic E-state index is 12.7. The largest absolute Gasteiger partial charge is 0.333 e. The molecular weight excluding hydrogens is 388 g/mol. The van der Waals surface area contributed by atoms with Gasteiger partial charge in [0.05, 0.1) is 10.4 Å². The summed E-state index contributed by atoms with van der Waals surface area (Å²) in [5.74, 6) is -0.0452. The van der Waals surface area contributed by atoms with Gasteiger partial charge < -0.3 is 10.2 Å². The van der Waals surface area contributed by atoms with E-state index in [4.69, 9.17) is 0 Å². The molecule has 1 N–H and O–H groups in total. The van der Waals surface area contributed by atoms with Gasteiger partial charge >= 0.3 is 0 Å². The van der Waals surface area contributed by atoms with Gasteiger partial charge in [-0.2, -0.15) is 0 Å². The van der Waals surface area contributed by atoms with E-state index in [9.17, 15) is 9.59 Å². The van der Waals surface area contributed by atoms with Crippen molar-refractivity contribution in [2.45, 2.75) is 17.9 Å². The molecule has 0 fully saturated rings. The number of carbonyl (C=O) groups excluding carboxylic acids is 2. The van der Waals surface area contributed by atoms with Crippen molar-refractivity contribution in [2.75, 3.05) is 18.1 Å². The zero-order chi connectivity index (χ0) is 19.5. The average molecular weight is 409 g/mol. The predicted molar refractivity (Wildman–Crippen MR) is 115 cm³/mol. The third kappa shape index (κ3) is 3.84. The number of nitrogens with one attached hydrogen (secondary N) is 1. The Hall–Kier alpha value is -2.57. The molecule has 4 nitrogen and oxygen atoms in total. The molecule has 3 aromatic rings. The number of anilines is 1. The predicted octanol–water partition coefficient (Wildman–Crippen LogP) is 4.92. The number of rotatable bonds is 4. The molecule has 6 heteroatoms. The summed E-state index contributed by atoms with van der Waals surface area (Å²) in [7, 11) is 0. The molecule has 0 bridgehead atoms. The Morgan fingerprint density at radius 2 is 1.93 bits per heavy atom. The summed E-state index contributed by atoms with van der Waals surface area (Å²) in [5, 5.41) is 4.92. The van der Waals surface area contributed by atoms with E-state index in [-0.39, 0.29) is 11.8 Å². The van der Waals surface area contributed by atoms with Gasteiger partial charge in [-0.1, -0.05) is 24.3 Å². The van der Waals surface area contributed by atoms with Crippen LogP contribution in [0.25, 0.3) is 0 Å². The molecule has 1 aliphatic rings. The van der Waals surface area contributed by atoms with Gasteiger partial charge in [-0.25, -0.2) is 0 Å². The lowest BCUT2D eigenvalue weighted by Gasteiger charge is -2.29. The van der Waals surface area contributed by atoms with E-state index in [0.717, 1.165) is 34.0 Å². The molecule has 0 unspecified atom stereocenters. The summed E-state index contributed by atoms with van der Waals surface area (Å²) in [6.45, 7) is 1.29. The van der Waals surface area contributed by atoms with E-state index < -0.39 is 0 Å². The van der Waals surface area contributed by atoms with Crippen LogP contribution >= 0.6 is 23.1 Å². The number of nitrogens with zero attached hydrogens (tertiary/aromatic N) is 1. The van der Waals surface area contributed by atoms with Crippen LogP contribution in [0.15, 0.2) is 64.9 Å². The quantitative estimate of drug-likeness (QED) is 0.624. The summed E-state index contributed by atoms with van der Waals surface area (Å²) in [5.41, 5.74) is 3.75. The van der Waals surface area contributed by atoms with Gasteiger partial charge in [0.1, 0.15) is 0 Å². The zero-order valence-corrected chi connectivity index (χ0v) is 17.1. The van der Waals surface area contributed by atoms with Crippen LogP contribution in [0.5, 0.6) is 0 Å². The Kier molecular flexibility index (Phi) is 5.50. The van der Waals surface area contributed by atoms with Crippen molar-refractivity contribution in [2.24, 2.45) is 0 Å². The van der Waals surface area contributed by atoms with Gasteiger partial charge in [-0.15, -0.1) is 23.1 Å². The van der Waals surface area contributed by atoms with Gasteiger partial charge in [-0.3, -0.25) is 9.59 Å². The smallest absolute Gasteiger partial charge is 0.264 e. The Labute approximate surface area is 172 Å². The molecular formula is C22H20N2O2S2. The SMILES string of the molecule is CSc1ccccc1C(=O)Nc1ccc2c(c1)CN(C(=O)c1cccs1)CC2. The zero-order valence-electron chi connectivity index (χ0n) is 15.5. The summed E-state index contributed by atoms with van der Waals surface area (Å²) in [6.07, 6.45) is 2.79. The van der Waals surface area contributed by atoms with Crippen LogP contribution in [0.3, 0.4) is 0 Å². The third-order valence-corrected chi connectivity index (χ3v) is 6.50. The molecule has 28 heavy (non-hydrogen) atoms. The first-order valence-corrected chi connectivity index (χ1v) is 11.1. The minimum Gasteiger partial charge on any atom is -0.333 e. The molecule has 4 rings (SSSR count). The first-order chi connectivity index (χ1) is 13.7. The molecule has 0 atom stereocenters. The van der Waals surface area contributed by atoms with E-state index in [1.165, 1.54) is 16.9 Å². The summed E-state index contributed by atoms with van der Waals surface area (Å²) in [6, 6.07) is 17.3. The highest BCUT2D eigenvalue weighted by atomic mass is 32.2. The van der Waals surface area contributed by atoms with E-state index in [1.807, 2.05) is 65.1 Å². The first-order valence-electron chi connectivity index (χ1n) is 9.04. The molecule has 0 saturated heterocycles. The number of carbonyl (C=O) groups is 2. The normalized spacial score (nSPS) is 13.1. The number of fused-ring (bicyclic) bond motifs is 1. The molecule has 2 heterocycles. The number of thiophene rings is 1. The Bertz CT molecular complexity index is 1020. The van der Waals surface area contributed by atoms with Gasteiger partial charge in [0.25, 0.3) is 11.8 Å². The van der Waals surface area contributed by atoms with Crippen molar-refractivity contribution in [3.63, 3.8) is 0 Å². The van der Waals surface area contributed by atoms with Crippen LogP contribution in [-0.4, -0.2) is 29.5 Å². The first kappa shape index (κ1) is 18.8. The number of hydrogen-bond donors (Lipinski definition) is 1. The van der Waals surface area contributed by atoms with E-state index in [0.29, 0.717) is 12.1 Å². The molecule has 2 aromatic carbocycles. The van der Waals surface area contributed by atoms with Crippen molar-refractivity contribution in [1.29, 1.82) is 0 Å². The second-order valence-corrected chi connectivity index (χ2v) is 8.39. The number of thioether (sulfide) groups is 1. The van der Waals surface area contributed by atoms with Gasteiger partial charge in [0, 0.05) is 23.7 Å². The van der Waals surface area contributed by atoms with Crippen molar-refractivity contribution in [3.8, 4) is 0 Å². The molecule has 1 aliphatic heterocycles. The maximum absolute atomic E-state index is 12.7. The fourth-order valence-corrected chi connectivity index (χ4v) is 4.68. The van der Waals surface area contributed by atoms with Crippen LogP contribution in [0.1, 0.15) is 31.2 Å². The number of hydrogen-bond acceptors (Lipinski definition) is 4. The molecule has 0 aliphatic carbocycles. The van der Waals surface area contributed by atoms with Crippen LogP contribution < -0.4 is 5.32 Å². The van der Waals surface area contributed by atoms with Crippen LogP contribution in [0.4, 0.5) is 5.69 Å². The van der Waals surface area contributed by atoms with Gasteiger partial charge in [0.15, 0.2) is 0 Å². The lowest BCUT2D eigenvalue weighted by molar-refractivity contribution is 0.0739. The van der Waals surface area contributed by atoms with Crippen molar-refractivity contribution in [3.05, 3.63) is 81.5 Å². The molecule has 0 saturated carbocycles. The number of amides is 2. The van der Waals surface area contributed by atoms with Gasteiger partial charge in [-0.05, 0) is 59.5 Å². The summed E-state index contributed by atoms with van der Waals surface area (Å²) >= 11 is 3.02. The lowest BCUT2D eigenvalue weighted by atomic mass is 9.98. The van der Waals surface area contributed by atoms with Crippen molar-refractivity contribution in [1.82, 2.24) is 4.90 Å². The summed E-state index contributed by atoms with van der Waals surface area (Å²) < 4.78 is 0. The minimum absolute atomic E-state index is 0.0731. The monoisotopic (exact) mass is 408 g/mol. The molecule has 0 radical (unpaired) electrons. The van der Waals surface area contributed by atoms with Crippen LogP contribution in [0, 0.1) is 0 Å². The minimum atomic E-state index is -0.118. The summed E-state index contributed by atoms with van der Waals surface area (Å²) in [4.78, 5) is 28.9. The highest BCUT2D eigenvalue weighted by Gasteiger charge is 2.23. The highest BCUT2D eigenvalue weighted by molar-refractivity contribution is 7.98. The van der Waals surface area contributed by atoms with Crippen LogP contribution in [-0.2, 0) is 13.0 Å². The second kappa shape index (κ2) is 8.20. The van der Waals surface area contributed by atoms with Crippen LogP contribution in [0.2, 0.25) is 0 Å². The standard InChI is InChI=1S/C22H20N2O2S2/c1-27-19-6-3-2-5-18(19)21(25)23-17-9-8-15-10-11-24(14-16(15)13-17)22(26)20-7-4-12-28-20/h2-9,12-13H,10-11,14H2,1H3,(H,23,25). The topological polar surface area (TPSA) is 49.4 Å². The van der Waals surface area contributed by atoms with Crippen molar-refractivity contribution >= 4 is 40.6 Å². The number of benzene rings is 2. The molecule has 2 amide bonds. The lowest BCUT2D eigenvalue weighted by Crippen LogP contribution is -2.35. The second-order valence-electron chi connectivity index (χ2n) is 6.59. The Morgan fingerprint density at radius 3 is 2.71 bits per heavy atom. The maximum Gasteiger partial charge on any atom is 0.264 e. The fourth-order valence-electron chi connectivity index (χ4n) is 3.39. The van der Waals surface area contributed by atoms with Crippen molar-refractivity contribution < 1.29 is 9.59 Å². The van der Waals surface area contributed by atoms with E-state index in [2.05, 4.69) is 11.4 Å². The molecule has 142 valence electrons. The molecule has 0 spiro atoms.